The lowest BCUT2D eigenvalue weighted by Crippen LogP contribution is -1.98. The maximum atomic E-state index is 10.8. The molecule has 1 heterocycles. The van der Waals surface area contributed by atoms with Crippen LogP contribution in [0.5, 0.6) is 0 Å². The molecule has 0 aliphatic carbocycles. The minimum Gasteiger partial charge on any atom is -0.476 e. The van der Waals surface area contributed by atoms with Crippen LogP contribution in [0.4, 0.5) is 0 Å². The zero-order chi connectivity index (χ0) is 10.8. The summed E-state index contributed by atoms with van der Waals surface area (Å²) < 4.78 is 4.41. The monoisotopic (exact) mass is 204 g/mol. The zero-order valence-electron chi connectivity index (χ0n) is 7.97. The van der Waals surface area contributed by atoms with Gasteiger partial charge in [-0.05, 0) is 17.2 Å². The number of aromatic nitrogens is 2. The van der Waals surface area contributed by atoms with Crippen molar-refractivity contribution in [1.29, 1.82) is 0 Å². The first kappa shape index (κ1) is 9.39. The third kappa shape index (κ3) is 1.71. The Labute approximate surface area is 85.3 Å². The molecule has 5 nitrogen and oxygen atoms in total. The SMILES string of the molecule is Cc1ccc(-c2nonc2C(=O)O)cc1. The summed E-state index contributed by atoms with van der Waals surface area (Å²) in [6.45, 7) is 1.95. The second-order valence-electron chi connectivity index (χ2n) is 3.13. The summed E-state index contributed by atoms with van der Waals surface area (Å²) in [5.74, 6) is -1.15. The molecule has 1 aromatic carbocycles. The second-order valence-corrected chi connectivity index (χ2v) is 3.13. The van der Waals surface area contributed by atoms with E-state index in [1.165, 1.54) is 0 Å². The average molecular weight is 204 g/mol. The molecule has 2 rings (SSSR count). The fraction of sp³-hybridized carbons (Fsp3) is 0.100. The average Bonchev–Trinajstić information content (AvgIpc) is 2.67. The number of nitrogens with zero attached hydrogens (tertiary/aromatic N) is 2. The fourth-order valence-electron chi connectivity index (χ4n) is 1.23. The fourth-order valence-corrected chi connectivity index (χ4v) is 1.23. The number of carbonyl (C=O) groups is 1. The maximum absolute atomic E-state index is 10.8. The second kappa shape index (κ2) is 3.53. The number of hydrogen-bond donors (Lipinski definition) is 1. The van der Waals surface area contributed by atoms with Crippen molar-refractivity contribution < 1.29 is 14.5 Å². The van der Waals surface area contributed by atoms with Crippen molar-refractivity contribution in [1.82, 2.24) is 10.3 Å². The molecule has 0 aliphatic rings. The summed E-state index contributed by atoms with van der Waals surface area (Å²) in [5.41, 5.74) is 1.85. The third-order valence-electron chi connectivity index (χ3n) is 2.02. The summed E-state index contributed by atoms with van der Waals surface area (Å²) in [6, 6.07) is 7.30. The van der Waals surface area contributed by atoms with E-state index in [9.17, 15) is 4.79 Å². The van der Waals surface area contributed by atoms with Crippen LogP contribution in [0.15, 0.2) is 28.9 Å². The van der Waals surface area contributed by atoms with Crippen LogP contribution in [0.25, 0.3) is 11.3 Å². The van der Waals surface area contributed by atoms with Gasteiger partial charge in [0.05, 0.1) is 0 Å². The molecule has 0 aliphatic heterocycles. The van der Waals surface area contributed by atoms with E-state index in [1.807, 2.05) is 19.1 Å². The van der Waals surface area contributed by atoms with Gasteiger partial charge in [-0.3, -0.25) is 0 Å². The largest absolute Gasteiger partial charge is 0.476 e. The first-order valence-electron chi connectivity index (χ1n) is 4.31. The molecule has 0 spiro atoms. The number of hydrogen-bond acceptors (Lipinski definition) is 4. The van der Waals surface area contributed by atoms with E-state index in [0.29, 0.717) is 5.56 Å². The smallest absolute Gasteiger partial charge is 0.360 e. The molecule has 76 valence electrons. The van der Waals surface area contributed by atoms with Gasteiger partial charge in [-0.15, -0.1) is 0 Å². The van der Waals surface area contributed by atoms with Gasteiger partial charge >= 0.3 is 5.97 Å². The molecule has 0 saturated heterocycles. The van der Waals surface area contributed by atoms with Crippen molar-refractivity contribution in [2.45, 2.75) is 6.92 Å². The van der Waals surface area contributed by atoms with Gasteiger partial charge in [0, 0.05) is 5.56 Å². The van der Waals surface area contributed by atoms with E-state index >= 15 is 0 Å². The van der Waals surface area contributed by atoms with Crippen molar-refractivity contribution in [3.8, 4) is 11.3 Å². The van der Waals surface area contributed by atoms with Crippen molar-refractivity contribution in [3.05, 3.63) is 35.5 Å². The Morgan fingerprint density at radius 1 is 1.27 bits per heavy atom. The lowest BCUT2D eigenvalue weighted by Gasteiger charge is -1.96. The molecule has 0 fully saturated rings. The Morgan fingerprint density at radius 3 is 2.53 bits per heavy atom. The highest BCUT2D eigenvalue weighted by Gasteiger charge is 2.18. The normalized spacial score (nSPS) is 10.2. The Hall–Kier alpha value is -2.17. The van der Waals surface area contributed by atoms with Crippen molar-refractivity contribution in [2.75, 3.05) is 0 Å². The molecule has 0 saturated carbocycles. The number of aryl methyl sites for hydroxylation is 1. The van der Waals surface area contributed by atoms with Gasteiger partial charge in [-0.1, -0.05) is 29.8 Å². The Balaban J connectivity index is 2.49. The lowest BCUT2D eigenvalue weighted by atomic mass is 10.1. The van der Waals surface area contributed by atoms with Gasteiger partial charge in [-0.25, -0.2) is 9.42 Å². The highest BCUT2D eigenvalue weighted by molar-refractivity contribution is 5.92. The summed E-state index contributed by atoms with van der Waals surface area (Å²) in [4.78, 5) is 10.8. The predicted molar refractivity (Wildman–Crippen MR) is 51.4 cm³/mol. The van der Waals surface area contributed by atoms with Crippen LogP contribution in [0.1, 0.15) is 16.1 Å². The molecule has 1 N–H and O–H groups in total. The Morgan fingerprint density at radius 2 is 1.93 bits per heavy atom. The van der Waals surface area contributed by atoms with Crippen molar-refractivity contribution >= 4 is 5.97 Å². The van der Waals surface area contributed by atoms with E-state index in [4.69, 9.17) is 5.11 Å². The van der Waals surface area contributed by atoms with Crippen LogP contribution in [0.3, 0.4) is 0 Å². The van der Waals surface area contributed by atoms with Gasteiger partial charge in [0.1, 0.15) is 5.69 Å². The van der Waals surface area contributed by atoms with Crippen LogP contribution < -0.4 is 0 Å². The minimum absolute atomic E-state index is 0.168. The molecule has 0 atom stereocenters. The summed E-state index contributed by atoms with van der Waals surface area (Å²) in [7, 11) is 0. The number of benzene rings is 1. The quantitative estimate of drug-likeness (QED) is 0.806. The molecule has 0 bridgehead atoms. The summed E-state index contributed by atoms with van der Waals surface area (Å²) >= 11 is 0. The molecule has 2 aromatic rings. The number of rotatable bonds is 2. The maximum Gasteiger partial charge on any atom is 0.360 e. The molecular formula is C10H8N2O3. The number of aromatic carboxylic acids is 1. The van der Waals surface area contributed by atoms with Gasteiger partial charge in [0.15, 0.2) is 0 Å². The van der Waals surface area contributed by atoms with Crippen LogP contribution in [-0.4, -0.2) is 21.4 Å². The highest BCUT2D eigenvalue weighted by atomic mass is 16.6. The Kier molecular flexibility index (Phi) is 2.21. The summed E-state index contributed by atoms with van der Waals surface area (Å²) in [6.07, 6.45) is 0. The minimum atomic E-state index is -1.15. The Bertz CT molecular complexity index is 488. The molecule has 5 heteroatoms. The van der Waals surface area contributed by atoms with E-state index in [1.54, 1.807) is 12.1 Å². The van der Waals surface area contributed by atoms with Gasteiger partial charge in [0.2, 0.25) is 5.69 Å². The molecule has 15 heavy (non-hydrogen) atoms. The highest BCUT2D eigenvalue weighted by Crippen LogP contribution is 2.20. The molecule has 1 aromatic heterocycles. The zero-order valence-corrected chi connectivity index (χ0v) is 7.97. The van der Waals surface area contributed by atoms with Crippen LogP contribution in [0, 0.1) is 6.92 Å². The third-order valence-corrected chi connectivity index (χ3v) is 2.02. The number of carboxylic acids is 1. The number of carboxylic acid groups (broad SMARTS) is 1. The van der Waals surface area contributed by atoms with Crippen molar-refractivity contribution in [2.24, 2.45) is 0 Å². The van der Waals surface area contributed by atoms with Crippen LogP contribution >= 0.6 is 0 Å². The summed E-state index contributed by atoms with van der Waals surface area (Å²) in [5, 5.41) is 15.7. The van der Waals surface area contributed by atoms with Crippen molar-refractivity contribution in [3.63, 3.8) is 0 Å². The molecule has 0 unspecified atom stereocenters. The molecular weight excluding hydrogens is 196 g/mol. The van der Waals surface area contributed by atoms with E-state index in [-0.39, 0.29) is 11.4 Å². The van der Waals surface area contributed by atoms with E-state index in [0.717, 1.165) is 5.56 Å². The predicted octanol–water partition coefficient (Wildman–Crippen LogP) is 1.74. The standard InChI is InChI=1S/C10H8N2O3/c1-6-2-4-7(5-3-6)8-9(10(13)14)12-15-11-8/h2-5H,1H3,(H,13,14). The first-order valence-corrected chi connectivity index (χ1v) is 4.31. The van der Waals surface area contributed by atoms with Crippen LogP contribution in [0.2, 0.25) is 0 Å². The van der Waals surface area contributed by atoms with Gasteiger partial charge in [0.25, 0.3) is 0 Å². The topological polar surface area (TPSA) is 76.2 Å². The van der Waals surface area contributed by atoms with Gasteiger partial charge in [-0.2, -0.15) is 0 Å². The molecule has 0 radical (unpaired) electrons. The van der Waals surface area contributed by atoms with Crippen LogP contribution in [-0.2, 0) is 0 Å². The molecule has 0 amide bonds. The van der Waals surface area contributed by atoms with E-state index in [2.05, 4.69) is 14.9 Å². The van der Waals surface area contributed by atoms with E-state index < -0.39 is 5.97 Å². The first-order chi connectivity index (χ1) is 7.18. The lowest BCUT2D eigenvalue weighted by molar-refractivity contribution is 0.0685. The van der Waals surface area contributed by atoms with Gasteiger partial charge < -0.3 is 5.11 Å².